The SMILES string of the molecule is O=C(Oc1ccccc1)c1ccc(-n2ccnc2-n2ccnc2)cc1. The van der Waals surface area contributed by atoms with Gasteiger partial charge in [0.05, 0.1) is 5.56 Å². The zero-order valence-electron chi connectivity index (χ0n) is 13.2. The fourth-order valence-corrected chi connectivity index (χ4v) is 2.48. The van der Waals surface area contributed by atoms with Crippen molar-refractivity contribution in [3.63, 3.8) is 0 Å². The molecule has 4 rings (SSSR count). The van der Waals surface area contributed by atoms with Crippen LogP contribution in [0.25, 0.3) is 11.6 Å². The van der Waals surface area contributed by atoms with E-state index in [1.165, 1.54) is 0 Å². The van der Waals surface area contributed by atoms with Gasteiger partial charge in [-0.25, -0.2) is 14.8 Å². The Bertz CT molecular complexity index is 974. The summed E-state index contributed by atoms with van der Waals surface area (Å²) in [5, 5.41) is 0. The number of ether oxygens (including phenoxy) is 1. The largest absolute Gasteiger partial charge is 0.423 e. The highest BCUT2D eigenvalue weighted by Crippen LogP contribution is 2.16. The number of benzene rings is 2. The number of imidazole rings is 2. The van der Waals surface area contributed by atoms with Gasteiger partial charge in [-0.2, -0.15) is 0 Å². The van der Waals surface area contributed by atoms with Crippen LogP contribution in [0.4, 0.5) is 0 Å². The molecular weight excluding hydrogens is 316 g/mol. The Morgan fingerprint density at radius 2 is 1.72 bits per heavy atom. The van der Waals surface area contributed by atoms with E-state index in [-0.39, 0.29) is 0 Å². The van der Waals surface area contributed by atoms with E-state index in [2.05, 4.69) is 9.97 Å². The van der Waals surface area contributed by atoms with Gasteiger partial charge in [0.1, 0.15) is 12.1 Å². The molecule has 0 fully saturated rings. The van der Waals surface area contributed by atoms with Crippen LogP contribution in [-0.2, 0) is 0 Å². The number of aromatic nitrogens is 4. The first-order chi connectivity index (χ1) is 12.3. The highest BCUT2D eigenvalue weighted by Gasteiger charge is 2.10. The standard InChI is InChI=1S/C19H14N4O2/c24-18(25-17-4-2-1-3-5-17)15-6-8-16(9-7-15)23-13-11-21-19(23)22-12-10-20-14-22/h1-14H. The normalized spacial score (nSPS) is 10.6. The van der Waals surface area contributed by atoms with Crippen LogP contribution in [0.2, 0.25) is 0 Å². The molecule has 0 N–H and O–H groups in total. The van der Waals surface area contributed by atoms with Crippen molar-refractivity contribution in [1.82, 2.24) is 19.1 Å². The van der Waals surface area contributed by atoms with Crippen molar-refractivity contribution >= 4 is 5.97 Å². The van der Waals surface area contributed by atoms with Crippen molar-refractivity contribution in [2.45, 2.75) is 0 Å². The number of nitrogens with zero attached hydrogens (tertiary/aromatic N) is 4. The third-order valence-corrected chi connectivity index (χ3v) is 3.69. The van der Waals surface area contributed by atoms with Crippen LogP contribution in [0.1, 0.15) is 10.4 Å². The average molecular weight is 330 g/mol. The quantitative estimate of drug-likeness (QED) is 0.425. The third-order valence-electron chi connectivity index (χ3n) is 3.69. The summed E-state index contributed by atoms with van der Waals surface area (Å²) >= 11 is 0. The molecule has 25 heavy (non-hydrogen) atoms. The minimum absolute atomic E-state index is 0.391. The Balaban J connectivity index is 1.57. The Hall–Kier alpha value is -3.67. The minimum atomic E-state index is -0.391. The van der Waals surface area contributed by atoms with E-state index in [1.807, 2.05) is 51.9 Å². The zero-order valence-corrected chi connectivity index (χ0v) is 13.2. The van der Waals surface area contributed by atoms with Crippen molar-refractivity contribution in [3.05, 3.63) is 91.3 Å². The minimum Gasteiger partial charge on any atom is -0.423 e. The number of esters is 1. The first-order valence-electron chi connectivity index (χ1n) is 7.70. The van der Waals surface area contributed by atoms with E-state index in [0.717, 1.165) is 11.6 Å². The number of carbonyl (C=O) groups excluding carboxylic acids is 1. The summed E-state index contributed by atoms with van der Waals surface area (Å²) in [6.07, 6.45) is 8.77. The molecule has 0 bridgehead atoms. The Kier molecular flexibility index (Phi) is 3.84. The van der Waals surface area contributed by atoms with Crippen LogP contribution in [0, 0.1) is 0 Å². The van der Waals surface area contributed by atoms with Gasteiger partial charge in [-0.3, -0.25) is 9.13 Å². The fourth-order valence-electron chi connectivity index (χ4n) is 2.48. The monoisotopic (exact) mass is 330 g/mol. The molecule has 0 aliphatic rings. The summed E-state index contributed by atoms with van der Waals surface area (Å²) in [4.78, 5) is 20.6. The van der Waals surface area contributed by atoms with Gasteiger partial charge in [0, 0.05) is 30.5 Å². The third kappa shape index (κ3) is 3.05. The van der Waals surface area contributed by atoms with E-state index in [4.69, 9.17) is 4.74 Å². The highest BCUT2D eigenvalue weighted by molar-refractivity contribution is 5.91. The van der Waals surface area contributed by atoms with Crippen LogP contribution in [0.5, 0.6) is 5.75 Å². The van der Waals surface area contributed by atoms with Gasteiger partial charge in [0.25, 0.3) is 0 Å². The second-order valence-electron chi connectivity index (χ2n) is 5.32. The van der Waals surface area contributed by atoms with Gasteiger partial charge in [0.15, 0.2) is 0 Å². The topological polar surface area (TPSA) is 61.9 Å². The van der Waals surface area contributed by atoms with Gasteiger partial charge < -0.3 is 4.74 Å². The molecule has 6 nitrogen and oxygen atoms in total. The smallest absolute Gasteiger partial charge is 0.343 e. The summed E-state index contributed by atoms with van der Waals surface area (Å²) in [5.41, 5.74) is 1.37. The Morgan fingerprint density at radius 1 is 0.920 bits per heavy atom. The van der Waals surface area contributed by atoms with E-state index in [0.29, 0.717) is 11.3 Å². The summed E-state index contributed by atoms with van der Waals surface area (Å²) in [7, 11) is 0. The van der Waals surface area contributed by atoms with Crippen LogP contribution < -0.4 is 4.74 Å². The lowest BCUT2D eigenvalue weighted by Crippen LogP contribution is -2.09. The van der Waals surface area contributed by atoms with Gasteiger partial charge in [-0.05, 0) is 36.4 Å². The second-order valence-corrected chi connectivity index (χ2v) is 5.32. The molecule has 0 saturated carbocycles. The molecule has 0 spiro atoms. The molecule has 0 aliphatic heterocycles. The fraction of sp³-hybridized carbons (Fsp3) is 0. The lowest BCUT2D eigenvalue weighted by Gasteiger charge is -2.09. The molecule has 6 heteroatoms. The van der Waals surface area contributed by atoms with E-state index in [1.54, 1.807) is 43.0 Å². The van der Waals surface area contributed by atoms with Crippen molar-refractivity contribution in [3.8, 4) is 17.4 Å². The molecule has 0 amide bonds. The molecule has 0 atom stereocenters. The molecule has 0 saturated heterocycles. The predicted octanol–water partition coefficient (Wildman–Crippen LogP) is 3.28. The maximum Gasteiger partial charge on any atom is 0.343 e. The summed E-state index contributed by atoms with van der Waals surface area (Å²) in [5.74, 6) is 0.851. The molecule has 0 aliphatic carbocycles. The number of hydrogen-bond acceptors (Lipinski definition) is 4. The van der Waals surface area contributed by atoms with E-state index in [9.17, 15) is 4.79 Å². The van der Waals surface area contributed by atoms with Crippen molar-refractivity contribution < 1.29 is 9.53 Å². The van der Waals surface area contributed by atoms with Crippen LogP contribution in [0.3, 0.4) is 0 Å². The summed E-state index contributed by atoms with van der Waals surface area (Å²) in [6, 6.07) is 16.2. The number of rotatable bonds is 4. The lowest BCUT2D eigenvalue weighted by atomic mass is 10.2. The van der Waals surface area contributed by atoms with Crippen molar-refractivity contribution in [1.29, 1.82) is 0 Å². The van der Waals surface area contributed by atoms with Gasteiger partial charge in [-0.1, -0.05) is 18.2 Å². The number of para-hydroxylation sites is 1. The van der Waals surface area contributed by atoms with Gasteiger partial charge >= 0.3 is 5.97 Å². The number of carbonyl (C=O) groups is 1. The first kappa shape index (κ1) is 14.9. The maximum atomic E-state index is 12.2. The molecule has 122 valence electrons. The van der Waals surface area contributed by atoms with Crippen LogP contribution >= 0.6 is 0 Å². The maximum absolute atomic E-state index is 12.2. The molecule has 2 heterocycles. The lowest BCUT2D eigenvalue weighted by molar-refractivity contribution is 0.0735. The molecule has 0 unspecified atom stereocenters. The Labute approximate surface area is 144 Å². The molecule has 4 aromatic rings. The molecule has 2 aromatic heterocycles. The van der Waals surface area contributed by atoms with E-state index >= 15 is 0 Å². The van der Waals surface area contributed by atoms with Crippen molar-refractivity contribution in [2.75, 3.05) is 0 Å². The molecule has 2 aromatic carbocycles. The molecule has 0 radical (unpaired) electrons. The summed E-state index contributed by atoms with van der Waals surface area (Å²) in [6.45, 7) is 0. The van der Waals surface area contributed by atoms with Gasteiger partial charge in [0.2, 0.25) is 5.95 Å². The van der Waals surface area contributed by atoms with Gasteiger partial charge in [-0.15, -0.1) is 0 Å². The van der Waals surface area contributed by atoms with E-state index < -0.39 is 5.97 Å². The molecular formula is C19H14N4O2. The van der Waals surface area contributed by atoms with Crippen molar-refractivity contribution in [2.24, 2.45) is 0 Å². The van der Waals surface area contributed by atoms with Crippen LogP contribution in [0.15, 0.2) is 85.7 Å². The summed E-state index contributed by atoms with van der Waals surface area (Å²) < 4.78 is 9.07. The first-order valence-corrected chi connectivity index (χ1v) is 7.70. The highest BCUT2D eigenvalue weighted by atomic mass is 16.5. The predicted molar refractivity (Wildman–Crippen MR) is 92.1 cm³/mol. The van der Waals surface area contributed by atoms with Crippen LogP contribution in [-0.4, -0.2) is 25.1 Å². The Morgan fingerprint density at radius 3 is 2.44 bits per heavy atom. The zero-order chi connectivity index (χ0) is 17.1. The second kappa shape index (κ2) is 6.45. The number of hydrogen-bond donors (Lipinski definition) is 0. The average Bonchev–Trinajstić information content (AvgIpc) is 3.34.